The first kappa shape index (κ1) is 9.79. The van der Waals surface area contributed by atoms with Crippen LogP contribution in [0.3, 0.4) is 0 Å². The van der Waals surface area contributed by atoms with Gasteiger partial charge in [-0.05, 0) is 37.8 Å². The molecule has 1 saturated heterocycles. The highest BCUT2D eigenvalue weighted by Gasteiger charge is 2.34. The van der Waals surface area contributed by atoms with Gasteiger partial charge < -0.3 is 4.90 Å². The van der Waals surface area contributed by atoms with Gasteiger partial charge in [-0.25, -0.2) is 0 Å². The van der Waals surface area contributed by atoms with E-state index in [1.807, 2.05) is 0 Å². The van der Waals surface area contributed by atoms with Crippen LogP contribution in [-0.2, 0) is 0 Å². The predicted octanol–water partition coefficient (Wildman–Crippen LogP) is 2.54. The van der Waals surface area contributed by atoms with Gasteiger partial charge in [0.1, 0.15) is 0 Å². The van der Waals surface area contributed by atoms with Gasteiger partial charge in [0.2, 0.25) is 0 Å². The van der Waals surface area contributed by atoms with Crippen LogP contribution in [0, 0.1) is 11.3 Å². The summed E-state index contributed by atoms with van der Waals surface area (Å²) >= 11 is 0. The second-order valence-corrected chi connectivity index (χ2v) is 4.57. The molecule has 1 rings (SSSR count). The second-order valence-electron chi connectivity index (χ2n) is 4.57. The minimum atomic E-state index is 0.467. The van der Waals surface area contributed by atoms with Crippen molar-refractivity contribution < 1.29 is 0 Å². The van der Waals surface area contributed by atoms with E-state index in [0.29, 0.717) is 5.41 Å². The zero-order valence-corrected chi connectivity index (χ0v) is 8.64. The maximum absolute atomic E-state index is 3.84. The summed E-state index contributed by atoms with van der Waals surface area (Å²) in [5, 5.41) is 0. The molecule has 2 unspecified atom stereocenters. The summed E-state index contributed by atoms with van der Waals surface area (Å²) in [5.74, 6) is 0.840. The fourth-order valence-electron chi connectivity index (χ4n) is 2.21. The number of hydrogen-bond donors (Lipinski definition) is 0. The summed E-state index contributed by atoms with van der Waals surface area (Å²) in [4.78, 5) is 2.43. The molecule has 0 spiro atoms. The molecule has 0 saturated carbocycles. The molecule has 0 N–H and O–H groups in total. The minimum Gasteiger partial charge on any atom is -0.306 e. The van der Waals surface area contributed by atoms with Crippen LogP contribution in [0.4, 0.5) is 0 Å². The Labute approximate surface area is 76.5 Å². The van der Waals surface area contributed by atoms with Crippen molar-refractivity contribution in [3.05, 3.63) is 12.7 Å². The normalized spacial score (nSPS) is 38.1. The summed E-state index contributed by atoms with van der Waals surface area (Å²) in [6, 6.07) is 0. The van der Waals surface area contributed by atoms with Gasteiger partial charge in [-0.3, -0.25) is 0 Å². The Hall–Kier alpha value is -0.300. The van der Waals surface area contributed by atoms with E-state index in [2.05, 4.69) is 38.5 Å². The van der Waals surface area contributed by atoms with E-state index < -0.39 is 0 Å². The van der Waals surface area contributed by atoms with Crippen molar-refractivity contribution >= 4 is 0 Å². The SMILES string of the molecule is C=CCC1(C)CN(C)CCC1C. The van der Waals surface area contributed by atoms with Gasteiger partial charge in [0.15, 0.2) is 0 Å². The second kappa shape index (κ2) is 3.61. The molecule has 0 bridgehead atoms. The number of allylic oxidation sites excluding steroid dienone is 1. The van der Waals surface area contributed by atoms with Gasteiger partial charge >= 0.3 is 0 Å². The minimum absolute atomic E-state index is 0.467. The molecule has 1 heterocycles. The largest absolute Gasteiger partial charge is 0.306 e. The third kappa shape index (κ3) is 1.89. The smallest absolute Gasteiger partial charge is 0.00378 e. The molecule has 0 aromatic carbocycles. The molecule has 2 atom stereocenters. The van der Waals surface area contributed by atoms with E-state index in [1.165, 1.54) is 19.5 Å². The Bertz CT molecular complexity index is 164. The fraction of sp³-hybridized carbons (Fsp3) is 0.818. The Morgan fingerprint density at radius 1 is 1.67 bits per heavy atom. The fourth-order valence-corrected chi connectivity index (χ4v) is 2.21. The molecule has 1 fully saturated rings. The summed E-state index contributed by atoms with van der Waals surface area (Å²) in [7, 11) is 2.22. The number of piperidine rings is 1. The number of likely N-dealkylation sites (tertiary alicyclic amines) is 1. The average molecular weight is 167 g/mol. The Morgan fingerprint density at radius 2 is 2.33 bits per heavy atom. The molecule has 70 valence electrons. The number of hydrogen-bond acceptors (Lipinski definition) is 1. The van der Waals surface area contributed by atoms with Gasteiger partial charge in [-0.15, -0.1) is 6.58 Å². The highest BCUT2D eigenvalue weighted by atomic mass is 15.1. The molecule has 0 amide bonds. The summed E-state index contributed by atoms with van der Waals surface area (Å²) in [6.07, 6.45) is 4.55. The Balaban J connectivity index is 2.63. The van der Waals surface area contributed by atoms with E-state index in [4.69, 9.17) is 0 Å². The van der Waals surface area contributed by atoms with Crippen LogP contribution in [0.25, 0.3) is 0 Å². The highest BCUT2D eigenvalue weighted by Crippen LogP contribution is 2.37. The van der Waals surface area contributed by atoms with Crippen LogP contribution in [-0.4, -0.2) is 25.0 Å². The highest BCUT2D eigenvalue weighted by molar-refractivity contribution is 4.91. The summed E-state index contributed by atoms with van der Waals surface area (Å²) in [6.45, 7) is 11.1. The maximum atomic E-state index is 3.84. The van der Waals surface area contributed by atoms with Crippen LogP contribution in [0.2, 0.25) is 0 Å². The van der Waals surface area contributed by atoms with Crippen LogP contribution in [0.1, 0.15) is 26.7 Å². The molecular formula is C11H21N. The van der Waals surface area contributed by atoms with E-state index in [-0.39, 0.29) is 0 Å². The van der Waals surface area contributed by atoms with Gasteiger partial charge in [0.05, 0.1) is 0 Å². The van der Waals surface area contributed by atoms with Gasteiger partial charge in [-0.2, -0.15) is 0 Å². The molecule has 0 aromatic heterocycles. The lowest BCUT2D eigenvalue weighted by Gasteiger charge is -2.43. The molecule has 1 heteroatoms. The van der Waals surface area contributed by atoms with Gasteiger partial charge in [0.25, 0.3) is 0 Å². The van der Waals surface area contributed by atoms with Crippen LogP contribution >= 0.6 is 0 Å². The monoisotopic (exact) mass is 167 g/mol. The van der Waals surface area contributed by atoms with Crippen molar-refractivity contribution in [3.63, 3.8) is 0 Å². The van der Waals surface area contributed by atoms with Crippen LogP contribution in [0.15, 0.2) is 12.7 Å². The molecule has 1 aliphatic rings. The lowest BCUT2D eigenvalue weighted by Crippen LogP contribution is -2.44. The van der Waals surface area contributed by atoms with Crippen molar-refractivity contribution in [1.29, 1.82) is 0 Å². The van der Waals surface area contributed by atoms with Crippen molar-refractivity contribution in [3.8, 4) is 0 Å². The molecule has 0 aliphatic carbocycles. The topological polar surface area (TPSA) is 3.24 Å². The van der Waals surface area contributed by atoms with Gasteiger partial charge in [0, 0.05) is 6.54 Å². The lowest BCUT2D eigenvalue weighted by atomic mass is 9.71. The predicted molar refractivity (Wildman–Crippen MR) is 54.2 cm³/mol. The quantitative estimate of drug-likeness (QED) is 0.571. The van der Waals surface area contributed by atoms with E-state index in [9.17, 15) is 0 Å². The zero-order valence-electron chi connectivity index (χ0n) is 8.64. The van der Waals surface area contributed by atoms with E-state index in [0.717, 1.165) is 12.3 Å². The molecule has 0 radical (unpaired) electrons. The number of nitrogens with zero attached hydrogens (tertiary/aromatic N) is 1. The summed E-state index contributed by atoms with van der Waals surface area (Å²) in [5.41, 5.74) is 0.467. The van der Waals surface area contributed by atoms with Crippen molar-refractivity contribution in [1.82, 2.24) is 4.90 Å². The third-order valence-electron chi connectivity index (χ3n) is 3.38. The van der Waals surface area contributed by atoms with Crippen molar-refractivity contribution in [2.45, 2.75) is 26.7 Å². The third-order valence-corrected chi connectivity index (χ3v) is 3.38. The Kier molecular flexibility index (Phi) is 2.94. The van der Waals surface area contributed by atoms with Gasteiger partial charge in [-0.1, -0.05) is 19.9 Å². The van der Waals surface area contributed by atoms with Crippen molar-refractivity contribution in [2.75, 3.05) is 20.1 Å². The molecular weight excluding hydrogens is 146 g/mol. The van der Waals surface area contributed by atoms with E-state index >= 15 is 0 Å². The Morgan fingerprint density at radius 3 is 2.92 bits per heavy atom. The standard InChI is InChI=1S/C11H21N/c1-5-7-11(3)9-12(4)8-6-10(11)2/h5,10H,1,6-9H2,2-4H3. The summed E-state index contributed by atoms with van der Waals surface area (Å²) < 4.78 is 0. The molecule has 1 nitrogen and oxygen atoms in total. The van der Waals surface area contributed by atoms with Crippen LogP contribution < -0.4 is 0 Å². The molecule has 0 aromatic rings. The molecule has 1 aliphatic heterocycles. The molecule has 12 heavy (non-hydrogen) atoms. The first-order valence-corrected chi connectivity index (χ1v) is 4.88. The van der Waals surface area contributed by atoms with E-state index in [1.54, 1.807) is 0 Å². The lowest BCUT2D eigenvalue weighted by molar-refractivity contribution is 0.0688. The number of rotatable bonds is 2. The van der Waals surface area contributed by atoms with Crippen molar-refractivity contribution in [2.24, 2.45) is 11.3 Å². The van der Waals surface area contributed by atoms with Crippen LogP contribution in [0.5, 0.6) is 0 Å². The first-order valence-electron chi connectivity index (χ1n) is 4.88. The zero-order chi connectivity index (χ0) is 9.19. The first-order chi connectivity index (χ1) is 5.58. The average Bonchev–Trinajstić information content (AvgIpc) is 1.98. The maximum Gasteiger partial charge on any atom is 0.00378 e.